The van der Waals surface area contributed by atoms with E-state index >= 15 is 0 Å². The minimum Gasteiger partial charge on any atom is -0.360 e. The molecule has 0 saturated heterocycles. The lowest BCUT2D eigenvalue weighted by Crippen LogP contribution is -2.29. The molecule has 0 atom stereocenters. The van der Waals surface area contributed by atoms with Gasteiger partial charge in [0.25, 0.3) is 5.91 Å². The van der Waals surface area contributed by atoms with E-state index in [9.17, 15) is 4.79 Å². The van der Waals surface area contributed by atoms with E-state index < -0.39 is 10.0 Å². The topological polar surface area (TPSA) is 29.5 Å². The molecule has 5 heteroatoms. The van der Waals surface area contributed by atoms with Gasteiger partial charge in [0.2, 0.25) is 0 Å². The molecule has 0 saturated carbocycles. The summed E-state index contributed by atoms with van der Waals surface area (Å²) in [4.78, 5) is 14.1. The van der Waals surface area contributed by atoms with E-state index in [1.54, 1.807) is 4.90 Å². The molecule has 1 aliphatic heterocycles. The van der Waals surface area contributed by atoms with Crippen LogP contribution in [-0.4, -0.2) is 43.8 Å². The average molecular weight is 328 g/mol. The Hall–Kier alpha value is -0.970. The highest BCUT2D eigenvalue weighted by atomic mass is 35.5. The number of allylic oxidation sites excluding steroid dienone is 1. The third-order valence-electron chi connectivity index (χ3n) is 3.37. The molecule has 1 heterocycles. The number of carbonyl (C=O) groups excluding carboxylic acids is 1. The van der Waals surface area contributed by atoms with E-state index in [0.717, 1.165) is 17.0 Å². The number of amides is 1. The largest absolute Gasteiger partial charge is 0.360 e. The molecule has 1 aromatic carbocycles. The molecule has 116 valence electrons. The normalized spacial score (nSPS) is 17.5. The average Bonchev–Trinajstić information content (AvgIpc) is 2.65. The second-order valence-corrected chi connectivity index (χ2v) is 11.0. The fraction of sp³-hybridized carbons (Fsp3) is 0.438. The van der Waals surface area contributed by atoms with Crippen LogP contribution in [0.5, 0.6) is 0 Å². The molecule has 1 amide bonds. The highest BCUT2D eigenvalue weighted by molar-refractivity contribution is 8.32. The maximum atomic E-state index is 12.4. The number of hydrogen-bond donors (Lipinski definition) is 0. The second-order valence-electron chi connectivity index (χ2n) is 5.93. The number of ether oxygens (including phenoxy) is 1. The predicted octanol–water partition coefficient (Wildman–Crippen LogP) is 3.76. The van der Waals surface area contributed by atoms with Gasteiger partial charge >= 0.3 is 0 Å². The van der Waals surface area contributed by atoms with Crippen molar-refractivity contribution in [1.29, 1.82) is 0 Å². The van der Waals surface area contributed by atoms with Crippen molar-refractivity contribution in [2.75, 3.05) is 42.8 Å². The Kier molecular flexibility index (Phi) is 5.02. The van der Waals surface area contributed by atoms with Gasteiger partial charge in [0.1, 0.15) is 6.73 Å². The third kappa shape index (κ3) is 3.82. The van der Waals surface area contributed by atoms with Crippen LogP contribution in [0.15, 0.2) is 24.3 Å². The fourth-order valence-corrected chi connectivity index (χ4v) is 2.98. The molecule has 0 bridgehead atoms. The smallest absolute Gasteiger partial charge is 0.260 e. The molecule has 0 aromatic heterocycles. The number of fused-ring (bicyclic) bond motifs is 1. The molecule has 0 radical (unpaired) electrons. The molecule has 0 aliphatic carbocycles. The zero-order valence-electron chi connectivity index (χ0n) is 13.0. The predicted molar refractivity (Wildman–Crippen MR) is 93.6 cm³/mol. The van der Waals surface area contributed by atoms with E-state index in [-0.39, 0.29) is 12.6 Å². The number of anilines is 1. The molecule has 0 N–H and O–H groups in total. The number of rotatable bonds is 5. The summed E-state index contributed by atoms with van der Waals surface area (Å²) in [7, 11) is -0.577. The van der Waals surface area contributed by atoms with Crippen molar-refractivity contribution >= 4 is 38.8 Å². The van der Waals surface area contributed by atoms with Crippen molar-refractivity contribution in [3.8, 4) is 0 Å². The summed E-state index contributed by atoms with van der Waals surface area (Å²) in [5, 5.41) is 0.628. The fourth-order valence-electron chi connectivity index (χ4n) is 2.20. The highest BCUT2D eigenvalue weighted by Crippen LogP contribution is 2.38. The van der Waals surface area contributed by atoms with Crippen molar-refractivity contribution in [2.24, 2.45) is 0 Å². The maximum absolute atomic E-state index is 12.4. The lowest BCUT2D eigenvalue weighted by atomic mass is 10.1. The van der Waals surface area contributed by atoms with E-state index in [0.29, 0.717) is 17.2 Å². The summed E-state index contributed by atoms with van der Waals surface area (Å²) >= 11 is 6.05. The maximum Gasteiger partial charge on any atom is 0.260 e. The molecular weight excluding hydrogens is 306 g/mol. The molecule has 21 heavy (non-hydrogen) atoms. The van der Waals surface area contributed by atoms with Crippen molar-refractivity contribution < 1.29 is 9.53 Å². The van der Waals surface area contributed by atoms with Gasteiger partial charge in [-0.05, 0) is 37.8 Å². The molecule has 0 spiro atoms. The Bertz CT molecular complexity index is 578. The Morgan fingerprint density at radius 3 is 2.67 bits per heavy atom. The molecular formula is C16H22ClNO2S. The first-order valence-electron chi connectivity index (χ1n) is 6.85. The summed E-state index contributed by atoms with van der Waals surface area (Å²) in [5.41, 5.74) is 2.48. The number of nitrogens with zero attached hydrogens (tertiary/aromatic N) is 1. The number of halogens is 1. The molecule has 2 rings (SSSR count). The SMILES string of the molecule is C/C=C1/C(=O)N(COCCS(C)(C)C)c2cc(Cl)ccc21. The Morgan fingerprint density at radius 1 is 1.33 bits per heavy atom. The van der Waals surface area contributed by atoms with Gasteiger partial charge in [-0.25, -0.2) is 10.0 Å². The molecule has 3 nitrogen and oxygen atoms in total. The minimum atomic E-state index is -0.577. The summed E-state index contributed by atoms with van der Waals surface area (Å²) in [6.45, 7) is 2.82. The highest BCUT2D eigenvalue weighted by Gasteiger charge is 2.31. The van der Waals surface area contributed by atoms with Crippen LogP contribution in [0.4, 0.5) is 5.69 Å². The van der Waals surface area contributed by atoms with Crippen LogP contribution in [0.2, 0.25) is 5.02 Å². The molecule has 1 aromatic rings. The Morgan fingerprint density at radius 2 is 2.05 bits per heavy atom. The van der Waals surface area contributed by atoms with Crippen LogP contribution in [-0.2, 0) is 9.53 Å². The summed E-state index contributed by atoms with van der Waals surface area (Å²) < 4.78 is 5.71. The lowest BCUT2D eigenvalue weighted by Gasteiger charge is -2.25. The summed E-state index contributed by atoms with van der Waals surface area (Å²) in [5.74, 6) is 1.02. The van der Waals surface area contributed by atoms with Gasteiger partial charge in [-0.2, -0.15) is 0 Å². The quantitative estimate of drug-likeness (QED) is 0.609. The monoisotopic (exact) mass is 327 g/mol. The van der Waals surface area contributed by atoms with Crippen LogP contribution in [0, 0.1) is 0 Å². The van der Waals surface area contributed by atoms with Crippen LogP contribution >= 0.6 is 21.6 Å². The van der Waals surface area contributed by atoms with Crippen molar-refractivity contribution in [1.82, 2.24) is 0 Å². The van der Waals surface area contributed by atoms with E-state index in [1.165, 1.54) is 0 Å². The first kappa shape index (κ1) is 16.4. The van der Waals surface area contributed by atoms with Crippen molar-refractivity contribution in [3.05, 3.63) is 34.9 Å². The van der Waals surface area contributed by atoms with Gasteiger partial charge in [-0.15, -0.1) is 0 Å². The van der Waals surface area contributed by atoms with E-state index in [2.05, 4.69) is 18.8 Å². The molecule has 0 fully saturated rings. The van der Waals surface area contributed by atoms with Crippen molar-refractivity contribution in [2.45, 2.75) is 6.92 Å². The number of hydrogen-bond acceptors (Lipinski definition) is 2. The molecule has 0 unspecified atom stereocenters. The van der Waals surface area contributed by atoms with Gasteiger partial charge < -0.3 is 4.74 Å². The third-order valence-corrected chi connectivity index (χ3v) is 4.99. The van der Waals surface area contributed by atoms with E-state index in [4.69, 9.17) is 16.3 Å². The van der Waals surface area contributed by atoms with Crippen LogP contribution in [0.25, 0.3) is 5.57 Å². The second kappa shape index (κ2) is 6.42. The van der Waals surface area contributed by atoms with Crippen LogP contribution < -0.4 is 4.90 Å². The Balaban J connectivity index is 2.11. The number of carbonyl (C=O) groups is 1. The van der Waals surface area contributed by atoms with Crippen LogP contribution in [0.3, 0.4) is 0 Å². The minimum absolute atomic E-state index is 0.0159. The standard InChI is InChI=1S/C16H22ClNO2S/c1-5-13-14-7-6-12(17)10-15(14)18(16(13)19)11-20-8-9-21(2,3)4/h5-7,10H,8-9,11H2,1-4H3/b13-5+. The molecule has 1 aliphatic rings. The first-order chi connectivity index (χ1) is 9.83. The Labute approximate surface area is 133 Å². The van der Waals surface area contributed by atoms with Crippen molar-refractivity contribution in [3.63, 3.8) is 0 Å². The van der Waals surface area contributed by atoms with Crippen LogP contribution in [0.1, 0.15) is 12.5 Å². The number of benzene rings is 1. The van der Waals surface area contributed by atoms with Gasteiger partial charge in [-0.1, -0.05) is 23.7 Å². The summed E-state index contributed by atoms with van der Waals surface area (Å²) in [6.07, 6.45) is 8.60. The lowest BCUT2D eigenvalue weighted by molar-refractivity contribution is -0.114. The first-order valence-corrected chi connectivity index (χ1v) is 10.3. The zero-order valence-corrected chi connectivity index (χ0v) is 14.6. The zero-order chi connectivity index (χ0) is 15.6. The van der Waals surface area contributed by atoms with E-state index in [1.807, 2.05) is 31.2 Å². The van der Waals surface area contributed by atoms with Gasteiger partial charge in [0, 0.05) is 21.9 Å². The van der Waals surface area contributed by atoms with Gasteiger partial charge in [0.05, 0.1) is 12.3 Å². The van der Waals surface area contributed by atoms with Gasteiger partial charge in [0.15, 0.2) is 0 Å². The van der Waals surface area contributed by atoms with Gasteiger partial charge in [-0.3, -0.25) is 9.69 Å². The summed E-state index contributed by atoms with van der Waals surface area (Å²) in [6, 6.07) is 5.53.